The second kappa shape index (κ2) is 11.5. The molecular weight excluding hydrogens is 408 g/mol. The number of hydrogen-bond donors (Lipinski definition) is 0. The normalized spacial score (nSPS) is 25.9. The number of benzene rings is 2. The molecule has 0 heterocycles. The number of hydrogen-bond acceptors (Lipinski definition) is 0. The van der Waals surface area contributed by atoms with E-state index in [9.17, 15) is 0 Å². The van der Waals surface area contributed by atoms with Gasteiger partial charge in [0, 0.05) is 5.41 Å². The summed E-state index contributed by atoms with van der Waals surface area (Å²) in [6, 6.07) is 17.7. The monoisotopic (exact) mass is 460 g/mol. The zero-order valence-corrected chi connectivity index (χ0v) is 23.6. The highest BCUT2D eigenvalue weighted by atomic mass is 14.4. The predicted molar refractivity (Wildman–Crippen MR) is 151 cm³/mol. The SMILES string of the molecule is CC1CCC(C(C)(C)C2CCC(C)CC2)CC1.Cc1ccc(C(C)(C)c2ccc(C)cc2)cc1. The third-order valence-corrected chi connectivity index (χ3v) is 9.68. The maximum Gasteiger partial charge on any atom is 0.0146 e. The molecule has 2 aliphatic carbocycles. The Labute approximate surface area is 212 Å². The van der Waals surface area contributed by atoms with E-state index < -0.39 is 0 Å². The van der Waals surface area contributed by atoms with Crippen LogP contribution < -0.4 is 0 Å². The number of rotatable bonds is 4. The van der Waals surface area contributed by atoms with Gasteiger partial charge in [-0.3, -0.25) is 0 Å². The molecule has 0 radical (unpaired) electrons. The first-order valence-corrected chi connectivity index (χ1v) is 14.1. The van der Waals surface area contributed by atoms with Gasteiger partial charge < -0.3 is 0 Å². The molecule has 2 fully saturated rings. The molecule has 0 aliphatic heterocycles. The van der Waals surface area contributed by atoms with Crippen molar-refractivity contribution in [1.29, 1.82) is 0 Å². The summed E-state index contributed by atoms with van der Waals surface area (Å²) in [6.07, 6.45) is 11.9. The van der Waals surface area contributed by atoms with Crippen LogP contribution in [0.15, 0.2) is 48.5 Å². The van der Waals surface area contributed by atoms with Crippen molar-refractivity contribution in [1.82, 2.24) is 0 Å². The minimum absolute atomic E-state index is 0.0708. The Balaban J connectivity index is 0.000000191. The topological polar surface area (TPSA) is 0 Å². The van der Waals surface area contributed by atoms with Gasteiger partial charge in [0.15, 0.2) is 0 Å². The Morgan fingerprint density at radius 3 is 1.09 bits per heavy atom. The van der Waals surface area contributed by atoms with Crippen LogP contribution in [0.1, 0.15) is 115 Å². The summed E-state index contributed by atoms with van der Waals surface area (Å²) in [5, 5.41) is 0. The molecule has 0 heteroatoms. The molecule has 0 aromatic heterocycles. The molecule has 0 saturated heterocycles. The molecule has 4 rings (SSSR count). The first-order chi connectivity index (χ1) is 16.0. The highest BCUT2D eigenvalue weighted by Gasteiger charge is 2.39. The van der Waals surface area contributed by atoms with E-state index in [0.717, 1.165) is 23.7 Å². The van der Waals surface area contributed by atoms with Crippen LogP contribution in [0.4, 0.5) is 0 Å². The molecule has 0 nitrogen and oxygen atoms in total. The molecule has 0 unspecified atom stereocenters. The standard InChI is InChI=1S/C17H32.C17H20/c2*1-13-5-9-15(10-6-13)17(3,4)16-11-7-14(2)8-12-16/h13-16H,5-12H2,1-4H3;5-12H,1-4H3. The van der Waals surface area contributed by atoms with Crippen molar-refractivity contribution in [3.8, 4) is 0 Å². The largest absolute Gasteiger partial charge is 0.0625 e. The molecule has 2 saturated carbocycles. The zero-order valence-electron chi connectivity index (χ0n) is 23.6. The van der Waals surface area contributed by atoms with Crippen molar-refractivity contribution in [2.75, 3.05) is 0 Å². The van der Waals surface area contributed by atoms with Gasteiger partial charge in [-0.25, -0.2) is 0 Å². The van der Waals surface area contributed by atoms with Crippen LogP contribution >= 0.6 is 0 Å². The quantitative estimate of drug-likeness (QED) is 0.425. The summed E-state index contributed by atoms with van der Waals surface area (Å²) < 4.78 is 0. The molecule has 0 N–H and O–H groups in total. The van der Waals surface area contributed by atoms with Gasteiger partial charge in [0.1, 0.15) is 0 Å². The molecule has 0 amide bonds. The molecule has 2 aromatic rings. The van der Waals surface area contributed by atoms with Crippen LogP contribution in [0, 0.1) is 42.9 Å². The highest BCUT2D eigenvalue weighted by Crippen LogP contribution is 2.49. The number of aryl methyl sites for hydroxylation is 2. The Bertz CT molecular complexity index is 780. The Morgan fingerprint density at radius 2 is 0.794 bits per heavy atom. The van der Waals surface area contributed by atoms with E-state index >= 15 is 0 Å². The van der Waals surface area contributed by atoms with Gasteiger partial charge in [0.05, 0.1) is 0 Å². The van der Waals surface area contributed by atoms with E-state index in [4.69, 9.17) is 0 Å². The highest BCUT2D eigenvalue weighted by molar-refractivity contribution is 5.39. The molecular formula is C34H52. The lowest BCUT2D eigenvalue weighted by Crippen LogP contribution is -2.36. The van der Waals surface area contributed by atoms with Crippen molar-refractivity contribution in [3.05, 3.63) is 70.8 Å². The lowest BCUT2D eigenvalue weighted by atomic mass is 9.59. The average molecular weight is 461 g/mol. The first kappa shape index (κ1) is 27.0. The van der Waals surface area contributed by atoms with Gasteiger partial charge >= 0.3 is 0 Å². The van der Waals surface area contributed by atoms with Crippen LogP contribution in [-0.2, 0) is 5.41 Å². The van der Waals surface area contributed by atoms with Gasteiger partial charge in [0.25, 0.3) is 0 Å². The van der Waals surface area contributed by atoms with E-state index in [1.807, 2.05) is 0 Å². The summed E-state index contributed by atoms with van der Waals surface area (Å²) in [4.78, 5) is 0. The van der Waals surface area contributed by atoms with Crippen LogP contribution in [0.2, 0.25) is 0 Å². The van der Waals surface area contributed by atoms with Crippen LogP contribution in [-0.4, -0.2) is 0 Å². The molecule has 2 aliphatic rings. The molecule has 188 valence electrons. The van der Waals surface area contributed by atoms with Crippen molar-refractivity contribution < 1.29 is 0 Å². The Morgan fingerprint density at radius 1 is 0.500 bits per heavy atom. The average Bonchev–Trinajstić information content (AvgIpc) is 2.81. The molecule has 0 atom stereocenters. The summed E-state index contributed by atoms with van der Waals surface area (Å²) in [5.41, 5.74) is 6.04. The van der Waals surface area contributed by atoms with Gasteiger partial charge in [-0.2, -0.15) is 0 Å². The third kappa shape index (κ3) is 6.77. The Kier molecular flexibility index (Phi) is 9.10. The first-order valence-electron chi connectivity index (χ1n) is 14.1. The van der Waals surface area contributed by atoms with E-state index in [-0.39, 0.29) is 5.41 Å². The maximum atomic E-state index is 2.58. The zero-order chi connectivity index (χ0) is 24.9. The van der Waals surface area contributed by atoms with Gasteiger partial charge in [-0.05, 0) is 79.7 Å². The lowest BCUT2D eigenvalue weighted by Gasteiger charge is -2.46. The fourth-order valence-corrected chi connectivity index (χ4v) is 6.45. The van der Waals surface area contributed by atoms with E-state index in [1.54, 1.807) is 0 Å². The van der Waals surface area contributed by atoms with Crippen molar-refractivity contribution in [2.45, 2.75) is 112 Å². The molecule has 2 aromatic carbocycles. The van der Waals surface area contributed by atoms with Crippen molar-refractivity contribution in [2.24, 2.45) is 29.1 Å². The second-order valence-corrected chi connectivity index (χ2v) is 13.1. The summed E-state index contributed by atoms with van der Waals surface area (Å²) in [7, 11) is 0. The smallest absolute Gasteiger partial charge is 0.0146 e. The molecule has 34 heavy (non-hydrogen) atoms. The summed E-state index contributed by atoms with van der Waals surface area (Å²) in [5.74, 6) is 4.01. The van der Waals surface area contributed by atoms with Crippen molar-refractivity contribution >= 4 is 0 Å². The van der Waals surface area contributed by atoms with Gasteiger partial charge in [0.2, 0.25) is 0 Å². The minimum atomic E-state index is 0.0708. The summed E-state index contributed by atoms with van der Waals surface area (Å²) >= 11 is 0. The van der Waals surface area contributed by atoms with Crippen LogP contribution in [0.25, 0.3) is 0 Å². The van der Waals surface area contributed by atoms with Gasteiger partial charge in [-0.15, -0.1) is 0 Å². The minimum Gasteiger partial charge on any atom is -0.0625 e. The predicted octanol–water partition coefficient (Wildman–Crippen LogP) is 10.3. The van der Waals surface area contributed by atoms with E-state index in [2.05, 4.69) is 104 Å². The Hall–Kier alpha value is -1.56. The van der Waals surface area contributed by atoms with Crippen molar-refractivity contribution in [3.63, 3.8) is 0 Å². The maximum absolute atomic E-state index is 2.58. The second-order valence-electron chi connectivity index (χ2n) is 13.1. The van der Waals surface area contributed by atoms with E-state index in [1.165, 1.54) is 73.6 Å². The van der Waals surface area contributed by atoms with Crippen LogP contribution in [0.3, 0.4) is 0 Å². The van der Waals surface area contributed by atoms with Gasteiger partial charge in [-0.1, -0.05) is 127 Å². The van der Waals surface area contributed by atoms with E-state index in [0.29, 0.717) is 5.41 Å². The third-order valence-electron chi connectivity index (χ3n) is 9.68. The van der Waals surface area contributed by atoms with Crippen LogP contribution in [0.5, 0.6) is 0 Å². The fourth-order valence-electron chi connectivity index (χ4n) is 6.45. The summed E-state index contributed by atoms with van der Waals surface area (Å²) in [6.45, 7) is 18.8. The molecule has 0 spiro atoms. The molecule has 0 bridgehead atoms. The lowest BCUT2D eigenvalue weighted by molar-refractivity contribution is 0.0421. The fraction of sp³-hybridized carbons (Fsp3) is 0.647.